The molecule has 0 bridgehead atoms. The molecule has 0 fully saturated rings. The Morgan fingerprint density at radius 3 is 1.14 bits per heavy atom. The normalized spacial score (nSPS) is 14.4. The first-order valence-corrected chi connectivity index (χ1v) is 28.6. The summed E-state index contributed by atoms with van der Waals surface area (Å²) in [5.74, 6) is -3.16. The van der Waals surface area contributed by atoms with Crippen LogP contribution in [0.25, 0.3) is 0 Å². The van der Waals surface area contributed by atoms with Gasteiger partial charge in [0.05, 0.1) is 13.2 Å². The molecule has 0 aliphatic rings. The predicted molar refractivity (Wildman–Crippen MR) is 197 cm³/mol. The highest BCUT2D eigenvalue weighted by Gasteiger charge is 2.46. The van der Waals surface area contributed by atoms with Crippen LogP contribution in [0.1, 0.15) is 33.6 Å². The Labute approximate surface area is 295 Å². The van der Waals surface area contributed by atoms with E-state index >= 15 is 0 Å². The molecule has 0 aliphatic carbocycles. The van der Waals surface area contributed by atoms with Gasteiger partial charge in [-0.3, -0.25) is 9.59 Å². The molecule has 0 saturated heterocycles. The second-order valence-electron chi connectivity index (χ2n) is 13.9. The van der Waals surface area contributed by atoms with Crippen molar-refractivity contribution in [1.29, 1.82) is 0 Å². The summed E-state index contributed by atoms with van der Waals surface area (Å²) in [5, 5.41) is 0. The average Bonchev–Trinajstić information content (AvgIpc) is 3.01. The summed E-state index contributed by atoms with van der Waals surface area (Å²) >= 11 is 0. The van der Waals surface area contributed by atoms with Crippen molar-refractivity contribution in [2.75, 3.05) is 39.6 Å². The van der Waals surface area contributed by atoms with E-state index in [4.69, 9.17) is 31.3 Å². The molecule has 11 nitrogen and oxygen atoms in total. The number of ketones is 2. The summed E-state index contributed by atoms with van der Waals surface area (Å²) in [7, 11) is -9.39. The Kier molecular flexibility index (Phi) is 17.6. The highest BCUT2D eigenvalue weighted by atomic mass is 28.5. The van der Waals surface area contributed by atoms with Crippen LogP contribution >= 0.6 is 0 Å². The maximum atomic E-state index is 12.2. The lowest BCUT2D eigenvalue weighted by atomic mass is 10.1. The number of benzene rings is 2. The number of carbonyl (C=O) groups is 4. The standard InChI is InChI=1S/C34H54O11Si4/c1-46(2,3)43-48(7,27-15-21-39-23-25-41-33(37)31(35)29-17-11-9-12-18-29)45-49(8,44-47(4,5)6)28-16-22-40-24-26-42-34(38)32(36)30-19-13-10-14-20-30/h9-14,17-20H,15-16,21-28H2,1-8H3. The molecule has 0 amide bonds. The molecule has 49 heavy (non-hydrogen) atoms. The molecule has 2 atom stereocenters. The van der Waals surface area contributed by atoms with Gasteiger partial charge in [0, 0.05) is 24.3 Å². The zero-order chi connectivity index (χ0) is 36.6. The van der Waals surface area contributed by atoms with Crippen molar-refractivity contribution in [3.8, 4) is 0 Å². The van der Waals surface area contributed by atoms with Gasteiger partial charge in [-0.15, -0.1) is 0 Å². The highest BCUT2D eigenvalue weighted by Crippen LogP contribution is 2.30. The largest absolute Gasteiger partial charge is 0.457 e. The third-order valence-corrected chi connectivity index (χ3v) is 21.0. The predicted octanol–water partition coefficient (Wildman–Crippen LogP) is 6.52. The fourth-order valence-electron chi connectivity index (χ4n) is 5.13. The zero-order valence-electron chi connectivity index (χ0n) is 30.3. The molecule has 272 valence electrons. The van der Waals surface area contributed by atoms with Crippen molar-refractivity contribution in [3.63, 3.8) is 0 Å². The van der Waals surface area contributed by atoms with Gasteiger partial charge in [0.1, 0.15) is 13.2 Å². The number of hydrogen-bond acceptors (Lipinski definition) is 11. The Morgan fingerprint density at radius 1 is 0.469 bits per heavy atom. The molecule has 0 N–H and O–H groups in total. The maximum Gasteiger partial charge on any atom is 0.379 e. The molecular weight excluding hydrogens is 697 g/mol. The number of hydrogen-bond donors (Lipinski definition) is 0. The summed E-state index contributed by atoms with van der Waals surface area (Å²) in [5.41, 5.74) is 0.579. The number of rotatable bonds is 24. The Bertz CT molecular complexity index is 1230. The Morgan fingerprint density at radius 2 is 0.816 bits per heavy atom. The van der Waals surface area contributed by atoms with Crippen molar-refractivity contribution in [3.05, 3.63) is 71.8 Å². The van der Waals surface area contributed by atoms with Gasteiger partial charge in [-0.25, -0.2) is 9.59 Å². The van der Waals surface area contributed by atoms with Crippen molar-refractivity contribution in [2.24, 2.45) is 0 Å². The number of carbonyl (C=O) groups excluding carboxylic acids is 4. The fraction of sp³-hybridized carbons (Fsp3) is 0.529. The third kappa shape index (κ3) is 17.7. The first-order chi connectivity index (χ1) is 22.9. The second-order valence-corrected chi connectivity index (χ2v) is 30.3. The van der Waals surface area contributed by atoms with Crippen LogP contribution in [0, 0.1) is 0 Å². The summed E-state index contributed by atoms with van der Waals surface area (Å²) in [6, 6.07) is 18.0. The monoisotopic (exact) mass is 750 g/mol. The minimum Gasteiger partial charge on any atom is -0.457 e. The van der Waals surface area contributed by atoms with Crippen LogP contribution in [0.3, 0.4) is 0 Å². The lowest BCUT2D eigenvalue weighted by molar-refractivity contribution is -0.140. The van der Waals surface area contributed by atoms with Crippen molar-refractivity contribution < 1.29 is 50.5 Å². The molecule has 0 aliphatic heterocycles. The molecule has 2 aromatic carbocycles. The second kappa shape index (κ2) is 20.3. The first-order valence-electron chi connectivity index (χ1n) is 16.7. The lowest BCUT2D eigenvalue weighted by Crippen LogP contribution is -2.58. The first kappa shape index (κ1) is 42.6. The maximum absolute atomic E-state index is 12.2. The van der Waals surface area contributed by atoms with Crippen molar-refractivity contribution in [2.45, 2.75) is 77.3 Å². The van der Waals surface area contributed by atoms with Crippen LogP contribution in [0.2, 0.25) is 64.5 Å². The number of esters is 2. The molecule has 0 radical (unpaired) electrons. The van der Waals surface area contributed by atoms with Crippen molar-refractivity contribution >= 4 is 57.3 Å². The summed E-state index contributed by atoms with van der Waals surface area (Å²) in [4.78, 5) is 48.5. The molecule has 0 aromatic heterocycles. The molecule has 2 aromatic rings. The summed E-state index contributed by atoms with van der Waals surface area (Å²) < 4.78 is 42.1. The van der Waals surface area contributed by atoms with Crippen LogP contribution in [0.4, 0.5) is 0 Å². The quantitative estimate of drug-likeness (QED) is 0.0382. The minimum atomic E-state index is -2.71. The van der Waals surface area contributed by atoms with E-state index in [1.807, 2.05) is 0 Å². The number of Topliss-reactive ketones (excluding diaryl/α,β-unsaturated/α-hetero) is 2. The van der Waals surface area contributed by atoms with E-state index in [1.165, 1.54) is 0 Å². The van der Waals surface area contributed by atoms with Gasteiger partial charge in [0.15, 0.2) is 16.6 Å². The molecule has 0 saturated carbocycles. The molecule has 0 heterocycles. The SMILES string of the molecule is C[Si](C)(C)O[Si](C)(CCCOCCOC(=O)C(=O)c1ccccc1)O[Si](C)(CCCOCCOC(=O)C(=O)c1ccccc1)O[Si](C)(C)C. The van der Waals surface area contributed by atoms with E-state index in [9.17, 15) is 19.2 Å². The van der Waals surface area contributed by atoms with Gasteiger partial charge in [0.2, 0.25) is 0 Å². The van der Waals surface area contributed by atoms with Gasteiger partial charge in [-0.05, 0) is 77.3 Å². The van der Waals surface area contributed by atoms with E-state index in [0.717, 1.165) is 0 Å². The molecular formula is C34H54O11Si4. The van der Waals surface area contributed by atoms with Gasteiger partial charge in [-0.2, -0.15) is 0 Å². The Hall–Kier alpha value is -2.61. The van der Waals surface area contributed by atoms with E-state index in [-0.39, 0.29) is 37.6 Å². The van der Waals surface area contributed by atoms with Gasteiger partial charge in [-0.1, -0.05) is 60.7 Å². The van der Waals surface area contributed by atoms with Crippen LogP contribution in [0.5, 0.6) is 0 Å². The Balaban J connectivity index is 1.83. The molecule has 2 unspecified atom stereocenters. The minimum absolute atomic E-state index is 0.0145. The molecule has 15 heteroatoms. The average molecular weight is 751 g/mol. The van der Waals surface area contributed by atoms with Gasteiger partial charge >= 0.3 is 29.1 Å². The summed E-state index contributed by atoms with van der Waals surface area (Å²) in [6.07, 6.45) is 1.38. The van der Waals surface area contributed by atoms with Gasteiger partial charge < -0.3 is 31.3 Å². The van der Waals surface area contributed by atoms with Crippen molar-refractivity contribution in [1.82, 2.24) is 0 Å². The molecule has 2 rings (SSSR count). The highest BCUT2D eigenvalue weighted by molar-refractivity contribution is 6.89. The van der Waals surface area contributed by atoms with E-state index in [0.29, 0.717) is 38.1 Å². The lowest BCUT2D eigenvalue weighted by Gasteiger charge is -2.43. The number of ether oxygens (including phenoxy) is 4. The fourth-order valence-corrected chi connectivity index (χ4v) is 23.4. The molecule has 0 spiro atoms. The van der Waals surface area contributed by atoms with Crippen LogP contribution in [0.15, 0.2) is 60.7 Å². The van der Waals surface area contributed by atoms with Crippen LogP contribution in [-0.2, 0) is 40.9 Å². The third-order valence-electron chi connectivity index (χ3n) is 6.68. The van der Waals surface area contributed by atoms with Crippen LogP contribution in [-0.4, -0.2) is 96.9 Å². The zero-order valence-corrected chi connectivity index (χ0v) is 34.3. The van der Waals surface area contributed by atoms with E-state index < -0.39 is 57.3 Å². The smallest absolute Gasteiger partial charge is 0.379 e. The summed E-state index contributed by atoms with van der Waals surface area (Å²) in [6.45, 7) is 18.3. The topological polar surface area (TPSA) is 133 Å². The van der Waals surface area contributed by atoms with Gasteiger partial charge in [0.25, 0.3) is 11.6 Å². The van der Waals surface area contributed by atoms with E-state index in [2.05, 4.69) is 52.4 Å². The van der Waals surface area contributed by atoms with Crippen LogP contribution < -0.4 is 0 Å². The van der Waals surface area contributed by atoms with E-state index in [1.54, 1.807) is 60.7 Å².